The highest BCUT2D eigenvalue weighted by molar-refractivity contribution is 9.10. The number of anilines is 1. The number of ether oxygens (including phenoxy) is 1. The van der Waals surface area contributed by atoms with Crippen LogP contribution < -0.4 is 9.62 Å². The van der Waals surface area contributed by atoms with E-state index in [9.17, 15) is 18.0 Å². The Kier molecular flexibility index (Phi) is 7.75. The summed E-state index contributed by atoms with van der Waals surface area (Å²) in [5, 5.41) is 0.483. The standard InChI is InChI=1S/C26H22BrClN2O6S/c1-15-4-7-18(12-23(15)28)30-16(2)24(26(32)35-3)22(25(30)31)13-19-8-9-20(36-19)14-29-37(33,34)21-10-5-17(27)6-11-21/h4-13,29H,14H2,1-3H3/b22-13+. The number of allylic oxidation sites excluding steroid dienone is 1. The molecule has 0 aliphatic carbocycles. The third kappa shape index (κ3) is 5.57. The van der Waals surface area contributed by atoms with Crippen LogP contribution in [0.4, 0.5) is 5.69 Å². The van der Waals surface area contributed by atoms with Crippen molar-refractivity contribution in [1.82, 2.24) is 4.72 Å². The van der Waals surface area contributed by atoms with Crippen LogP contribution in [-0.2, 0) is 30.9 Å². The molecule has 1 aliphatic rings. The number of carbonyl (C=O) groups is 2. The highest BCUT2D eigenvalue weighted by Gasteiger charge is 2.38. The van der Waals surface area contributed by atoms with Crippen LogP contribution in [0.3, 0.4) is 0 Å². The summed E-state index contributed by atoms with van der Waals surface area (Å²) in [6.45, 7) is 3.38. The van der Waals surface area contributed by atoms with Gasteiger partial charge in [0, 0.05) is 15.2 Å². The smallest absolute Gasteiger partial charge is 0.340 e. The van der Waals surface area contributed by atoms with E-state index in [0.29, 0.717) is 22.2 Å². The number of carbonyl (C=O) groups excluding carboxylic acids is 2. The number of furan rings is 1. The molecule has 0 fully saturated rings. The number of aryl methyl sites for hydroxylation is 1. The molecular weight excluding hydrogens is 584 g/mol. The van der Waals surface area contributed by atoms with Gasteiger partial charge < -0.3 is 9.15 Å². The molecule has 2 aromatic carbocycles. The number of benzene rings is 2. The van der Waals surface area contributed by atoms with Gasteiger partial charge in [-0.05, 0) is 74.0 Å². The second-order valence-corrected chi connectivity index (χ2v) is 11.3. The summed E-state index contributed by atoms with van der Waals surface area (Å²) in [6.07, 6.45) is 1.43. The highest BCUT2D eigenvalue weighted by atomic mass is 79.9. The van der Waals surface area contributed by atoms with Gasteiger partial charge in [0.1, 0.15) is 11.5 Å². The first-order valence-corrected chi connectivity index (χ1v) is 13.6. The normalized spacial score (nSPS) is 15.1. The number of methoxy groups -OCH3 is 1. The van der Waals surface area contributed by atoms with Gasteiger partial charge in [-0.2, -0.15) is 0 Å². The molecule has 11 heteroatoms. The monoisotopic (exact) mass is 604 g/mol. The quantitative estimate of drug-likeness (QED) is 0.287. The van der Waals surface area contributed by atoms with E-state index in [2.05, 4.69) is 20.7 Å². The van der Waals surface area contributed by atoms with E-state index in [0.717, 1.165) is 10.0 Å². The maximum absolute atomic E-state index is 13.4. The van der Waals surface area contributed by atoms with Crippen molar-refractivity contribution in [3.05, 3.63) is 98.0 Å². The van der Waals surface area contributed by atoms with Crippen molar-refractivity contribution < 1.29 is 27.2 Å². The molecule has 0 unspecified atom stereocenters. The van der Waals surface area contributed by atoms with Gasteiger partial charge in [-0.3, -0.25) is 9.69 Å². The lowest BCUT2D eigenvalue weighted by atomic mass is 10.1. The molecule has 3 aromatic rings. The Morgan fingerprint density at radius 3 is 2.49 bits per heavy atom. The van der Waals surface area contributed by atoms with Gasteiger partial charge in [-0.25, -0.2) is 17.9 Å². The van der Waals surface area contributed by atoms with E-state index in [4.69, 9.17) is 20.8 Å². The Labute approximate surface area is 227 Å². The predicted molar refractivity (Wildman–Crippen MR) is 143 cm³/mol. The second kappa shape index (κ2) is 10.7. The van der Waals surface area contributed by atoms with Gasteiger partial charge in [0.15, 0.2) is 0 Å². The molecule has 1 aliphatic heterocycles. The summed E-state index contributed by atoms with van der Waals surface area (Å²) in [4.78, 5) is 27.5. The first-order chi connectivity index (χ1) is 17.5. The van der Waals surface area contributed by atoms with Crippen LogP contribution in [0, 0.1) is 6.92 Å². The molecule has 1 N–H and O–H groups in total. The average molecular weight is 606 g/mol. The van der Waals surface area contributed by atoms with Crippen molar-refractivity contribution in [1.29, 1.82) is 0 Å². The second-order valence-electron chi connectivity index (χ2n) is 8.17. The molecule has 1 aromatic heterocycles. The Bertz CT molecular complexity index is 1560. The zero-order valence-electron chi connectivity index (χ0n) is 20.0. The number of sulfonamides is 1. The Morgan fingerprint density at radius 1 is 1.14 bits per heavy atom. The minimum Gasteiger partial charge on any atom is -0.465 e. The molecule has 0 radical (unpaired) electrons. The van der Waals surface area contributed by atoms with Gasteiger partial charge in [0.25, 0.3) is 5.91 Å². The molecule has 0 saturated carbocycles. The minimum absolute atomic E-state index is 0.0809. The highest BCUT2D eigenvalue weighted by Crippen LogP contribution is 2.37. The van der Waals surface area contributed by atoms with Crippen LogP contribution >= 0.6 is 27.5 Å². The number of amides is 1. The van der Waals surface area contributed by atoms with E-state index in [1.54, 1.807) is 49.4 Å². The number of nitrogens with one attached hydrogen (secondary N) is 1. The number of nitrogens with zero attached hydrogens (tertiary/aromatic N) is 1. The van der Waals surface area contributed by atoms with Crippen molar-refractivity contribution in [2.45, 2.75) is 25.3 Å². The van der Waals surface area contributed by atoms with Crippen molar-refractivity contribution in [2.24, 2.45) is 0 Å². The van der Waals surface area contributed by atoms with Gasteiger partial charge in [0.2, 0.25) is 10.0 Å². The fourth-order valence-electron chi connectivity index (χ4n) is 3.78. The Morgan fingerprint density at radius 2 is 1.84 bits per heavy atom. The van der Waals surface area contributed by atoms with Crippen molar-refractivity contribution in [2.75, 3.05) is 12.0 Å². The lowest BCUT2D eigenvalue weighted by molar-refractivity contribution is -0.136. The third-order valence-electron chi connectivity index (χ3n) is 5.73. The molecule has 2 heterocycles. The van der Waals surface area contributed by atoms with E-state index < -0.39 is 21.9 Å². The maximum atomic E-state index is 13.4. The summed E-state index contributed by atoms with van der Waals surface area (Å²) in [5.74, 6) is -0.543. The Balaban J connectivity index is 1.61. The van der Waals surface area contributed by atoms with Gasteiger partial charge in [0.05, 0.1) is 35.4 Å². The number of hydrogen-bond acceptors (Lipinski definition) is 6. The summed E-state index contributed by atoms with van der Waals surface area (Å²) < 4.78 is 39.0. The molecule has 8 nitrogen and oxygen atoms in total. The van der Waals surface area contributed by atoms with Gasteiger partial charge in [-0.15, -0.1) is 0 Å². The topological polar surface area (TPSA) is 106 Å². The molecule has 192 valence electrons. The predicted octanol–water partition coefficient (Wildman–Crippen LogP) is 5.36. The number of rotatable bonds is 7. The average Bonchev–Trinajstić information content (AvgIpc) is 3.41. The van der Waals surface area contributed by atoms with Crippen LogP contribution in [0.25, 0.3) is 6.08 Å². The number of esters is 1. The van der Waals surface area contributed by atoms with Gasteiger partial charge in [-0.1, -0.05) is 33.6 Å². The fraction of sp³-hybridized carbons (Fsp3) is 0.154. The minimum atomic E-state index is -3.76. The van der Waals surface area contributed by atoms with Gasteiger partial charge >= 0.3 is 5.97 Å². The molecule has 0 bridgehead atoms. The molecule has 0 spiro atoms. The molecule has 4 rings (SSSR count). The lowest BCUT2D eigenvalue weighted by Crippen LogP contribution is -2.24. The summed E-state index contributed by atoms with van der Waals surface area (Å²) >= 11 is 9.54. The summed E-state index contributed by atoms with van der Waals surface area (Å²) in [5.41, 5.74) is 1.92. The van der Waals surface area contributed by atoms with E-state index in [1.807, 2.05) is 6.92 Å². The third-order valence-corrected chi connectivity index (χ3v) is 8.09. The SMILES string of the molecule is COC(=O)C1=C(C)N(c2ccc(C)c(Cl)c2)C(=O)/C1=C/c1ccc(CNS(=O)(=O)c2ccc(Br)cc2)o1. The van der Waals surface area contributed by atoms with E-state index in [-0.39, 0.29) is 28.3 Å². The maximum Gasteiger partial charge on any atom is 0.340 e. The first kappa shape index (κ1) is 26.9. The zero-order valence-corrected chi connectivity index (χ0v) is 23.2. The fourth-order valence-corrected chi connectivity index (χ4v) is 5.22. The van der Waals surface area contributed by atoms with E-state index >= 15 is 0 Å². The molecular formula is C26H22BrClN2O6S. The van der Waals surface area contributed by atoms with Crippen molar-refractivity contribution >= 4 is 61.2 Å². The van der Waals surface area contributed by atoms with Crippen LogP contribution in [0.1, 0.15) is 24.0 Å². The molecule has 0 saturated heterocycles. The number of halogens is 2. The summed E-state index contributed by atoms with van der Waals surface area (Å²) in [7, 11) is -2.52. The van der Waals surface area contributed by atoms with Crippen molar-refractivity contribution in [3.63, 3.8) is 0 Å². The zero-order chi connectivity index (χ0) is 26.9. The number of hydrogen-bond donors (Lipinski definition) is 1. The first-order valence-electron chi connectivity index (χ1n) is 11.0. The van der Waals surface area contributed by atoms with Crippen LogP contribution in [0.5, 0.6) is 0 Å². The Hall–Kier alpha value is -3.18. The van der Waals surface area contributed by atoms with Crippen molar-refractivity contribution in [3.8, 4) is 0 Å². The van der Waals surface area contributed by atoms with Crippen LogP contribution in [-0.4, -0.2) is 27.4 Å². The molecule has 37 heavy (non-hydrogen) atoms. The lowest BCUT2D eigenvalue weighted by Gasteiger charge is -2.18. The van der Waals surface area contributed by atoms with Crippen LogP contribution in [0.15, 0.2) is 85.2 Å². The van der Waals surface area contributed by atoms with E-state index in [1.165, 1.54) is 30.2 Å². The molecule has 0 atom stereocenters. The van der Waals surface area contributed by atoms with Crippen LogP contribution in [0.2, 0.25) is 5.02 Å². The summed E-state index contributed by atoms with van der Waals surface area (Å²) in [6, 6.07) is 14.6. The molecule has 1 amide bonds. The largest absolute Gasteiger partial charge is 0.465 e.